The lowest BCUT2D eigenvalue weighted by molar-refractivity contribution is -0.138. The molecule has 0 aliphatic heterocycles. The molecule has 228 valence electrons. The van der Waals surface area contributed by atoms with Gasteiger partial charge in [0, 0.05) is 19.1 Å². The van der Waals surface area contributed by atoms with E-state index in [0.717, 1.165) is 17.4 Å². The molecule has 0 aliphatic rings. The highest BCUT2D eigenvalue weighted by Gasteiger charge is 2.37. The molecule has 17 heteroatoms. The van der Waals surface area contributed by atoms with Gasteiger partial charge < -0.3 is 25.5 Å². The minimum absolute atomic E-state index is 0.0343. The van der Waals surface area contributed by atoms with Gasteiger partial charge in [0.05, 0.1) is 28.5 Å². The van der Waals surface area contributed by atoms with Gasteiger partial charge in [-0.3, -0.25) is 9.59 Å². The van der Waals surface area contributed by atoms with Crippen molar-refractivity contribution in [3.05, 3.63) is 59.7 Å². The Morgan fingerprint density at radius 1 is 0.780 bits per heavy atom. The van der Waals surface area contributed by atoms with Crippen LogP contribution in [0.15, 0.2) is 58.3 Å². The van der Waals surface area contributed by atoms with Crippen LogP contribution in [0.3, 0.4) is 0 Å². The monoisotopic (exact) mass is 692 g/mol. The summed E-state index contributed by atoms with van der Waals surface area (Å²) in [7, 11) is -7.10. The molecular weight excluding hydrogens is 666 g/mol. The second-order valence-electron chi connectivity index (χ2n) is 9.03. The minimum Gasteiger partial charge on any atom is -0.394 e. The van der Waals surface area contributed by atoms with Gasteiger partial charge in [0.25, 0.3) is 11.8 Å². The van der Waals surface area contributed by atoms with Gasteiger partial charge in [0.2, 0.25) is 0 Å². The van der Waals surface area contributed by atoms with Gasteiger partial charge in [0.1, 0.15) is 12.2 Å². The van der Waals surface area contributed by atoms with Crippen molar-refractivity contribution in [3.63, 3.8) is 0 Å². The van der Waals surface area contributed by atoms with Crippen molar-refractivity contribution < 1.29 is 41.7 Å². The van der Waals surface area contributed by atoms with Gasteiger partial charge in [-0.25, -0.2) is 16.8 Å². The third-order valence-electron chi connectivity index (χ3n) is 6.02. The van der Waals surface area contributed by atoms with Crippen molar-refractivity contribution in [3.8, 4) is 0 Å². The van der Waals surface area contributed by atoms with E-state index in [-0.39, 0.29) is 20.9 Å². The van der Waals surface area contributed by atoms with E-state index in [1.807, 2.05) is 0 Å². The number of amides is 2. The molecule has 4 N–H and O–H groups in total. The summed E-state index contributed by atoms with van der Waals surface area (Å²) >= 11 is 23.0. The second kappa shape index (κ2) is 14.7. The number of carbonyl (C=O) groups is 2. The number of halogens is 4. The lowest BCUT2D eigenvalue weighted by atomic mass is 9.98. The average Bonchev–Trinajstić information content (AvgIpc) is 2.90. The molecule has 0 saturated heterocycles. The van der Waals surface area contributed by atoms with E-state index < -0.39 is 78.6 Å². The summed E-state index contributed by atoms with van der Waals surface area (Å²) < 4.78 is 47.2. The molecule has 0 spiro atoms. The number of aliphatic hydroxyl groups excluding tert-OH is 3. The zero-order valence-electron chi connectivity index (χ0n) is 21.6. The summed E-state index contributed by atoms with van der Waals surface area (Å²) in [6, 6.07) is 7.24. The summed E-state index contributed by atoms with van der Waals surface area (Å²) in [5.41, 5.74) is 0.246. The first-order chi connectivity index (χ1) is 18.9. The maximum atomic E-state index is 13.1. The predicted molar refractivity (Wildman–Crippen MR) is 155 cm³/mol. The van der Waals surface area contributed by atoms with Gasteiger partial charge in [-0.15, -0.1) is 0 Å². The Morgan fingerprint density at radius 3 is 1.54 bits per heavy atom. The largest absolute Gasteiger partial charge is 0.394 e. The number of carbonyl (C=O) groups excluding carboxylic acids is 2. The van der Waals surface area contributed by atoms with E-state index in [2.05, 4.69) is 5.32 Å². The molecule has 0 unspecified atom stereocenters. The normalized spacial score (nSPS) is 15.3. The minimum atomic E-state index is -3.55. The number of hydrogen-bond donors (Lipinski definition) is 4. The Hall–Kier alpha value is -1.68. The van der Waals surface area contributed by atoms with Crippen molar-refractivity contribution in [1.29, 1.82) is 0 Å². The molecular formula is C24H28Cl4N2O9S2. The molecule has 2 aromatic carbocycles. The smallest absolute Gasteiger partial charge is 0.256 e. The fraction of sp³-hybridized carbons (Fsp3) is 0.417. The van der Waals surface area contributed by atoms with Gasteiger partial charge in [-0.1, -0.05) is 70.7 Å². The first-order valence-corrected chi connectivity index (χ1v) is 17.2. The van der Waals surface area contributed by atoms with Crippen molar-refractivity contribution in [2.75, 3.05) is 25.7 Å². The second-order valence-corrected chi connectivity index (χ2v) is 15.3. The molecule has 2 rings (SSSR count). The number of nitrogens with zero attached hydrogens (tertiary/aromatic N) is 1. The number of benzene rings is 2. The Balaban J connectivity index is 2.52. The zero-order chi connectivity index (χ0) is 31.3. The summed E-state index contributed by atoms with van der Waals surface area (Å²) in [6.45, 7) is -1.45. The first-order valence-electron chi connectivity index (χ1n) is 11.6. The number of hydrogen-bond acceptors (Lipinski definition) is 9. The third kappa shape index (κ3) is 9.66. The van der Waals surface area contributed by atoms with Crippen LogP contribution in [0.1, 0.15) is 23.3 Å². The number of nitrogens with one attached hydrogen (secondary N) is 1. The van der Waals surface area contributed by atoms with E-state index in [9.17, 15) is 41.7 Å². The van der Waals surface area contributed by atoms with E-state index in [4.69, 9.17) is 46.4 Å². The van der Waals surface area contributed by atoms with Crippen LogP contribution >= 0.6 is 46.4 Å². The van der Waals surface area contributed by atoms with Crippen LogP contribution in [0.25, 0.3) is 0 Å². The van der Waals surface area contributed by atoms with Crippen LogP contribution in [0.4, 0.5) is 0 Å². The lowest BCUT2D eigenvalue weighted by Gasteiger charge is -2.38. The Kier molecular flexibility index (Phi) is 12.7. The Morgan fingerprint density at radius 2 is 1.20 bits per heavy atom. The quantitative estimate of drug-likeness (QED) is 0.227. The van der Waals surface area contributed by atoms with Gasteiger partial charge in [-0.2, -0.15) is 0 Å². The molecule has 11 nitrogen and oxygen atoms in total. The standard InChI is InChI=1S/C24H28Cl4N2O9S2/c1-40(36,37)15-7-3-13(4-8-15)19(32)17(29-23(34)21(25)26)11-30(24(35)22(27)28)18(12-31)20(33)14-5-9-16(10-6-14)41(2,38)39/h3-10,17-22,31-33H,11-12H2,1-2H3,(H,29,34)/t17-,18-,19+,20+/m1/s1. The molecule has 0 heterocycles. The summed E-state index contributed by atoms with van der Waals surface area (Å²) in [4.78, 5) is 23.0. The van der Waals surface area contributed by atoms with Crippen LogP contribution in [0.2, 0.25) is 0 Å². The maximum Gasteiger partial charge on any atom is 0.256 e. The molecule has 0 bridgehead atoms. The fourth-order valence-electron chi connectivity index (χ4n) is 3.84. The first kappa shape index (κ1) is 35.5. The molecule has 2 amide bonds. The van der Waals surface area contributed by atoms with Crippen LogP contribution in [0, 0.1) is 0 Å². The Labute approximate surface area is 257 Å². The van der Waals surface area contributed by atoms with E-state index in [1.54, 1.807) is 0 Å². The number of alkyl halides is 4. The number of sulfone groups is 2. The predicted octanol–water partition coefficient (Wildman–Crippen LogP) is 1.54. The van der Waals surface area contributed by atoms with E-state index >= 15 is 0 Å². The highest BCUT2D eigenvalue weighted by atomic mass is 35.5. The number of aliphatic hydroxyl groups is 3. The molecule has 0 aliphatic carbocycles. The van der Waals surface area contributed by atoms with Gasteiger partial charge >= 0.3 is 0 Å². The Bertz CT molecular complexity index is 1420. The SMILES string of the molecule is CS(=O)(=O)c1ccc([C@H](O)[C@@H](CO)N(C[C@@H](NC(=O)C(Cl)Cl)[C@@H](O)c2ccc(S(C)(=O)=O)cc2)C(=O)C(Cl)Cl)cc1. The van der Waals surface area contributed by atoms with Crippen molar-refractivity contribution >= 4 is 77.9 Å². The van der Waals surface area contributed by atoms with Crippen LogP contribution < -0.4 is 5.32 Å². The molecule has 41 heavy (non-hydrogen) atoms. The fourth-order valence-corrected chi connectivity index (χ4v) is 5.48. The molecule has 0 aromatic heterocycles. The molecule has 4 atom stereocenters. The van der Waals surface area contributed by atoms with Gasteiger partial charge in [-0.05, 0) is 35.4 Å². The van der Waals surface area contributed by atoms with Crippen molar-refractivity contribution in [2.45, 2.75) is 43.8 Å². The van der Waals surface area contributed by atoms with Crippen molar-refractivity contribution in [2.24, 2.45) is 0 Å². The van der Waals surface area contributed by atoms with Crippen LogP contribution in [-0.4, -0.2) is 96.3 Å². The summed E-state index contributed by atoms with van der Waals surface area (Å²) in [5, 5.41) is 34.8. The molecule has 0 radical (unpaired) electrons. The average molecular weight is 694 g/mol. The highest BCUT2D eigenvalue weighted by molar-refractivity contribution is 7.91. The van der Waals surface area contributed by atoms with Crippen LogP contribution in [0.5, 0.6) is 0 Å². The summed E-state index contributed by atoms with van der Waals surface area (Å²) in [6.07, 6.45) is -1.21. The van der Waals surface area contributed by atoms with E-state index in [0.29, 0.717) is 0 Å². The zero-order valence-corrected chi connectivity index (χ0v) is 26.2. The lowest BCUT2D eigenvalue weighted by Crippen LogP contribution is -2.56. The van der Waals surface area contributed by atoms with Gasteiger partial charge in [0.15, 0.2) is 29.3 Å². The topological polar surface area (TPSA) is 178 Å². The third-order valence-corrected chi connectivity index (χ3v) is 9.05. The van der Waals surface area contributed by atoms with Crippen LogP contribution in [-0.2, 0) is 29.3 Å². The maximum absolute atomic E-state index is 13.1. The summed E-state index contributed by atoms with van der Waals surface area (Å²) in [5.74, 6) is -1.96. The molecule has 0 fully saturated rings. The van der Waals surface area contributed by atoms with E-state index in [1.165, 1.54) is 48.5 Å². The highest BCUT2D eigenvalue weighted by Crippen LogP contribution is 2.27. The molecule has 2 aromatic rings. The van der Waals surface area contributed by atoms with Crippen molar-refractivity contribution in [1.82, 2.24) is 10.2 Å². The molecule has 0 saturated carbocycles. The number of rotatable bonds is 13.